The van der Waals surface area contributed by atoms with E-state index in [1.807, 2.05) is 22.6 Å². The van der Waals surface area contributed by atoms with Crippen molar-refractivity contribution in [1.29, 1.82) is 0 Å². The Hall–Kier alpha value is -1.94. The molecular weight excluding hydrogens is 457 g/mol. The van der Waals surface area contributed by atoms with Crippen LogP contribution in [0.5, 0.6) is 5.75 Å². The van der Waals surface area contributed by atoms with Crippen LogP contribution in [0.4, 0.5) is 20.2 Å². The molecule has 2 aromatic rings. The fourth-order valence-corrected chi connectivity index (χ4v) is 3.42. The topological polar surface area (TPSA) is 84.6 Å². The molecular formula is C18H17F2IN2O3. The summed E-state index contributed by atoms with van der Waals surface area (Å²) in [7, 11) is 0. The Labute approximate surface area is 162 Å². The molecule has 4 N–H and O–H groups in total. The molecule has 5 nitrogen and oxygen atoms in total. The van der Waals surface area contributed by atoms with Gasteiger partial charge < -0.3 is 20.9 Å². The fourth-order valence-electron chi connectivity index (χ4n) is 2.97. The van der Waals surface area contributed by atoms with Gasteiger partial charge in [-0.1, -0.05) is 0 Å². The lowest BCUT2D eigenvalue weighted by atomic mass is 10.1. The number of nitrogens with one attached hydrogen (secondary N) is 1. The summed E-state index contributed by atoms with van der Waals surface area (Å²) in [6, 6.07) is 6.55. The smallest absolute Gasteiger partial charge is 0.254 e. The molecule has 138 valence electrons. The van der Waals surface area contributed by atoms with E-state index in [4.69, 9.17) is 10.5 Å². The number of carbonyl (C=O) groups is 1. The maximum absolute atomic E-state index is 14.1. The number of amides is 1. The highest BCUT2D eigenvalue weighted by molar-refractivity contribution is 14.1. The summed E-state index contributed by atoms with van der Waals surface area (Å²) >= 11 is 1.96. The normalized spacial score (nSPS) is 19.4. The third kappa shape index (κ3) is 4.07. The number of carbonyl (C=O) groups excluding carboxylic acids is 1. The first kappa shape index (κ1) is 18.8. The van der Waals surface area contributed by atoms with Crippen molar-refractivity contribution in [3.8, 4) is 5.75 Å². The van der Waals surface area contributed by atoms with E-state index in [0.29, 0.717) is 16.4 Å². The molecule has 0 radical (unpaired) electrons. The number of halogens is 3. The standard InChI is InChI=1S/C18H17F2IN2O3/c19-9-6-13(23-12-5-4-10(21)8-11(12)20)17(18(22)25)16(7-9)26-15-3-1-2-14(15)24/h4-8,14-15,23-24H,1-3H2,(H2,22,25)/t14-,15-/m0/s1. The Bertz CT molecular complexity index is 847. The molecule has 0 saturated heterocycles. The Morgan fingerprint density at radius 3 is 2.62 bits per heavy atom. The molecule has 26 heavy (non-hydrogen) atoms. The number of ether oxygens (including phenoxy) is 1. The largest absolute Gasteiger partial charge is 0.487 e. The van der Waals surface area contributed by atoms with E-state index in [1.54, 1.807) is 6.07 Å². The summed E-state index contributed by atoms with van der Waals surface area (Å²) in [5.74, 6) is -2.14. The molecule has 8 heteroatoms. The summed E-state index contributed by atoms with van der Waals surface area (Å²) in [4.78, 5) is 12.0. The van der Waals surface area contributed by atoms with Gasteiger partial charge in [0.1, 0.15) is 29.1 Å². The highest BCUT2D eigenvalue weighted by Gasteiger charge is 2.29. The lowest BCUT2D eigenvalue weighted by Crippen LogP contribution is -2.27. The first-order valence-electron chi connectivity index (χ1n) is 8.05. The number of hydrogen-bond donors (Lipinski definition) is 3. The summed E-state index contributed by atoms with van der Waals surface area (Å²) in [6.45, 7) is 0. The minimum atomic E-state index is -0.846. The molecule has 0 bridgehead atoms. The molecule has 0 aromatic heterocycles. The van der Waals surface area contributed by atoms with E-state index in [1.165, 1.54) is 12.1 Å². The van der Waals surface area contributed by atoms with Crippen LogP contribution in [0, 0.1) is 15.2 Å². The van der Waals surface area contributed by atoms with Gasteiger partial charge in [-0.25, -0.2) is 8.78 Å². The number of aliphatic hydroxyl groups excluding tert-OH is 1. The van der Waals surface area contributed by atoms with Gasteiger partial charge in [-0.15, -0.1) is 0 Å². The van der Waals surface area contributed by atoms with Gasteiger partial charge in [0.15, 0.2) is 0 Å². The van der Waals surface area contributed by atoms with Crippen molar-refractivity contribution in [2.75, 3.05) is 5.32 Å². The second-order valence-electron chi connectivity index (χ2n) is 6.09. The number of rotatable bonds is 5. The zero-order valence-corrected chi connectivity index (χ0v) is 15.8. The third-order valence-corrected chi connectivity index (χ3v) is 4.88. The lowest BCUT2D eigenvalue weighted by molar-refractivity contribution is 0.0592. The molecule has 1 aliphatic rings. The van der Waals surface area contributed by atoms with Crippen LogP contribution in [0.15, 0.2) is 30.3 Å². The van der Waals surface area contributed by atoms with Crippen LogP contribution in [0.1, 0.15) is 29.6 Å². The number of primary amides is 1. The molecule has 1 amide bonds. The van der Waals surface area contributed by atoms with Crippen LogP contribution >= 0.6 is 22.6 Å². The Balaban J connectivity index is 1.99. The molecule has 3 rings (SSSR count). The number of anilines is 2. The van der Waals surface area contributed by atoms with Gasteiger partial charge in [0.25, 0.3) is 5.91 Å². The highest BCUT2D eigenvalue weighted by atomic mass is 127. The first-order valence-corrected chi connectivity index (χ1v) is 9.13. The quantitative estimate of drug-likeness (QED) is 0.578. The van der Waals surface area contributed by atoms with Crippen molar-refractivity contribution in [2.45, 2.75) is 31.5 Å². The molecule has 0 heterocycles. The molecule has 2 atom stereocenters. The summed E-state index contributed by atoms with van der Waals surface area (Å²) < 4.78 is 34.5. The monoisotopic (exact) mass is 474 g/mol. The van der Waals surface area contributed by atoms with Crippen molar-refractivity contribution < 1.29 is 23.4 Å². The van der Waals surface area contributed by atoms with E-state index >= 15 is 0 Å². The number of aliphatic hydroxyl groups is 1. The SMILES string of the molecule is NC(=O)c1c(Nc2ccc(I)cc2F)cc(F)cc1O[C@H]1CCC[C@@H]1O. The van der Waals surface area contributed by atoms with Gasteiger partial charge in [0, 0.05) is 9.64 Å². The van der Waals surface area contributed by atoms with Crippen LogP contribution in [-0.4, -0.2) is 23.2 Å². The van der Waals surface area contributed by atoms with E-state index in [-0.39, 0.29) is 22.7 Å². The van der Waals surface area contributed by atoms with E-state index < -0.39 is 29.7 Å². The zero-order valence-electron chi connectivity index (χ0n) is 13.6. The number of nitrogens with two attached hydrogens (primary N) is 1. The second-order valence-corrected chi connectivity index (χ2v) is 7.34. The van der Waals surface area contributed by atoms with Gasteiger partial charge in [0.05, 0.1) is 17.5 Å². The second kappa shape index (κ2) is 7.75. The van der Waals surface area contributed by atoms with Crippen molar-refractivity contribution in [3.05, 3.63) is 51.1 Å². The average Bonchev–Trinajstić information content (AvgIpc) is 2.94. The van der Waals surface area contributed by atoms with Crippen molar-refractivity contribution in [2.24, 2.45) is 5.73 Å². The van der Waals surface area contributed by atoms with Crippen LogP contribution in [0.25, 0.3) is 0 Å². The molecule has 2 aromatic carbocycles. The van der Waals surface area contributed by atoms with Gasteiger partial charge in [0.2, 0.25) is 0 Å². The average molecular weight is 474 g/mol. The highest BCUT2D eigenvalue weighted by Crippen LogP contribution is 2.34. The van der Waals surface area contributed by atoms with E-state index in [2.05, 4.69) is 5.32 Å². The number of hydrogen-bond acceptors (Lipinski definition) is 4. The Morgan fingerprint density at radius 2 is 2.00 bits per heavy atom. The van der Waals surface area contributed by atoms with Gasteiger partial charge in [-0.3, -0.25) is 4.79 Å². The maximum atomic E-state index is 14.1. The molecule has 1 saturated carbocycles. The minimum Gasteiger partial charge on any atom is -0.487 e. The predicted molar refractivity (Wildman–Crippen MR) is 102 cm³/mol. The van der Waals surface area contributed by atoms with Crippen LogP contribution in [0.2, 0.25) is 0 Å². The van der Waals surface area contributed by atoms with Gasteiger partial charge >= 0.3 is 0 Å². The van der Waals surface area contributed by atoms with E-state index in [0.717, 1.165) is 18.6 Å². The van der Waals surface area contributed by atoms with Gasteiger partial charge in [-0.2, -0.15) is 0 Å². The lowest BCUT2D eigenvalue weighted by Gasteiger charge is -2.21. The van der Waals surface area contributed by atoms with Gasteiger partial charge in [-0.05, 0) is 66.1 Å². The summed E-state index contributed by atoms with van der Waals surface area (Å²) in [5, 5.41) is 12.6. The predicted octanol–water partition coefficient (Wildman–Crippen LogP) is 3.70. The Morgan fingerprint density at radius 1 is 1.23 bits per heavy atom. The van der Waals surface area contributed by atoms with Crippen molar-refractivity contribution >= 4 is 39.9 Å². The molecule has 0 unspecified atom stereocenters. The van der Waals surface area contributed by atoms with Crippen LogP contribution < -0.4 is 15.8 Å². The van der Waals surface area contributed by atoms with Crippen LogP contribution in [0.3, 0.4) is 0 Å². The van der Waals surface area contributed by atoms with E-state index in [9.17, 15) is 18.7 Å². The molecule has 0 spiro atoms. The summed E-state index contributed by atoms with van der Waals surface area (Å²) in [5.41, 5.74) is 5.43. The molecule has 0 aliphatic heterocycles. The Kier molecular flexibility index (Phi) is 5.61. The first-order chi connectivity index (χ1) is 12.3. The van der Waals surface area contributed by atoms with Crippen LogP contribution in [-0.2, 0) is 0 Å². The fraction of sp³-hybridized carbons (Fsp3) is 0.278. The summed E-state index contributed by atoms with van der Waals surface area (Å²) in [6.07, 6.45) is 0.697. The minimum absolute atomic E-state index is 0.0000879. The zero-order chi connectivity index (χ0) is 18.8. The maximum Gasteiger partial charge on any atom is 0.254 e. The number of benzene rings is 2. The van der Waals surface area contributed by atoms with Crippen molar-refractivity contribution in [1.82, 2.24) is 0 Å². The molecule has 1 fully saturated rings. The van der Waals surface area contributed by atoms with Crippen molar-refractivity contribution in [3.63, 3.8) is 0 Å². The molecule has 1 aliphatic carbocycles. The third-order valence-electron chi connectivity index (χ3n) is 4.21.